The van der Waals surface area contributed by atoms with Crippen molar-refractivity contribution in [3.8, 4) is 11.3 Å². The van der Waals surface area contributed by atoms with Crippen molar-refractivity contribution in [2.75, 3.05) is 6.54 Å². The molecule has 1 aromatic heterocycles. The lowest BCUT2D eigenvalue weighted by molar-refractivity contribution is -0.142. The summed E-state index contributed by atoms with van der Waals surface area (Å²) in [4.78, 5) is 26.4. The summed E-state index contributed by atoms with van der Waals surface area (Å²) >= 11 is 0. The predicted molar refractivity (Wildman–Crippen MR) is 138 cm³/mol. The maximum Gasteiger partial charge on any atom is 0.256 e. The molecule has 0 aliphatic heterocycles. The van der Waals surface area contributed by atoms with Crippen molar-refractivity contribution in [1.82, 2.24) is 9.88 Å². The van der Waals surface area contributed by atoms with Crippen molar-refractivity contribution < 1.29 is 4.79 Å². The quantitative estimate of drug-likeness (QED) is 0.461. The van der Waals surface area contributed by atoms with Crippen LogP contribution in [-0.4, -0.2) is 17.0 Å². The van der Waals surface area contributed by atoms with E-state index >= 15 is 0 Å². The molecular formula is C30H40N2O2. The Balaban J connectivity index is 1.37. The van der Waals surface area contributed by atoms with E-state index in [1.807, 2.05) is 30.3 Å². The van der Waals surface area contributed by atoms with Gasteiger partial charge in [0.1, 0.15) is 5.56 Å². The van der Waals surface area contributed by atoms with Gasteiger partial charge in [-0.1, -0.05) is 63.9 Å². The summed E-state index contributed by atoms with van der Waals surface area (Å²) in [5, 5.41) is 3.23. The van der Waals surface area contributed by atoms with Gasteiger partial charge in [-0.25, -0.2) is 0 Å². The van der Waals surface area contributed by atoms with Crippen LogP contribution in [0.4, 0.5) is 0 Å². The van der Waals surface area contributed by atoms with E-state index in [1.165, 1.54) is 38.5 Å². The van der Waals surface area contributed by atoms with Gasteiger partial charge < -0.3 is 9.88 Å². The Labute approximate surface area is 204 Å². The van der Waals surface area contributed by atoms with Crippen molar-refractivity contribution >= 4 is 5.91 Å². The first-order chi connectivity index (χ1) is 16.2. The van der Waals surface area contributed by atoms with E-state index in [2.05, 4.69) is 30.7 Å². The fraction of sp³-hybridized carbons (Fsp3) is 0.600. The molecule has 4 nitrogen and oxygen atoms in total. The number of aryl methyl sites for hydroxylation is 1. The van der Waals surface area contributed by atoms with E-state index in [-0.39, 0.29) is 22.3 Å². The zero-order valence-electron chi connectivity index (χ0n) is 21.2. The van der Waals surface area contributed by atoms with Gasteiger partial charge in [-0.2, -0.15) is 0 Å². The lowest BCUT2D eigenvalue weighted by Gasteiger charge is -2.65. The highest BCUT2D eigenvalue weighted by Crippen LogP contribution is 2.69. The van der Waals surface area contributed by atoms with Gasteiger partial charge in [0, 0.05) is 25.4 Å². The first-order valence-electron chi connectivity index (χ1n) is 13.3. The summed E-state index contributed by atoms with van der Waals surface area (Å²) in [5.41, 5.74) is 3.02. The molecule has 6 rings (SSSR count). The molecule has 4 fully saturated rings. The maximum absolute atomic E-state index is 13.3. The van der Waals surface area contributed by atoms with Crippen LogP contribution in [0.3, 0.4) is 0 Å². The normalized spacial score (nSPS) is 31.6. The number of rotatable bonds is 8. The molecule has 2 unspecified atom stereocenters. The first kappa shape index (κ1) is 23.4. The van der Waals surface area contributed by atoms with Gasteiger partial charge in [0.05, 0.1) is 5.69 Å². The minimum atomic E-state index is -0.208. The van der Waals surface area contributed by atoms with Crippen LogP contribution in [0.25, 0.3) is 11.3 Å². The van der Waals surface area contributed by atoms with Gasteiger partial charge in [-0.3, -0.25) is 9.59 Å². The molecule has 2 atom stereocenters. The molecule has 1 heterocycles. The lowest BCUT2D eigenvalue weighted by Crippen LogP contribution is -2.58. The number of amides is 1. The number of unbranched alkanes of at least 4 members (excludes halogenated alkanes) is 2. The Morgan fingerprint density at radius 1 is 1.03 bits per heavy atom. The third-order valence-electron chi connectivity index (χ3n) is 8.81. The number of benzene rings is 1. The molecule has 1 aromatic carbocycles. The molecule has 34 heavy (non-hydrogen) atoms. The SMILES string of the molecule is CCCCCn1cc(C(=O)NCC23CC4CC(C)(CC(C)(C4)C2)C3)c(=O)cc1-c1ccccc1. The summed E-state index contributed by atoms with van der Waals surface area (Å²) in [7, 11) is 0. The van der Waals surface area contributed by atoms with Gasteiger partial charge in [-0.05, 0) is 72.7 Å². The van der Waals surface area contributed by atoms with E-state index in [1.54, 1.807) is 12.3 Å². The van der Waals surface area contributed by atoms with Gasteiger partial charge in [0.15, 0.2) is 5.43 Å². The summed E-state index contributed by atoms with van der Waals surface area (Å²) in [6.45, 7) is 8.62. The van der Waals surface area contributed by atoms with Gasteiger partial charge in [-0.15, -0.1) is 0 Å². The molecule has 182 valence electrons. The molecule has 0 saturated heterocycles. The van der Waals surface area contributed by atoms with Crippen LogP contribution in [-0.2, 0) is 6.54 Å². The third-order valence-corrected chi connectivity index (χ3v) is 8.81. The van der Waals surface area contributed by atoms with Gasteiger partial charge >= 0.3 is 0 Å². The largest absolute Gasteiger partial charge is 0.351 e. The predicted octanol–water partition coefficient (Wildman–Crippen LogP) is 6.43. The summed E-state index contributed by atoms with van der Waals surface area (Å²) in [6, 6.07) is 11.7. The Hall–Kier alpha value is -2.36. The van der Waals surface area contributed by atoms with Crippen molar-refractivity contribution in [2.24, 2.45) is 22.2 Å². The first-order valence-corrected chi connectivity index (χ1v) is 13.3. The lowest BCUT2D eigenvalue weighted by atomic mass is 9.40. The average Bonchev–Trinajstić information content (AvgIpc) is 2.76. The monoisotopic (exact) mass is 460 g/mol. The van der Waals surface area contributed by atoms with E-state index in [9.17, 15) is 9.59 Å². The minimum Gasteiger partial charge on any atom is -0.351 e. The standard InChI is InChI=1S/C30H40N2O2/c1-4-5-9-12-32-17-24(26(33)13-25(32)23-10-7-6-8-11-23)27(34)31-21-30-16-22-14-28(2,19-30)18-29(3,15-22)20-30/h6-8,10-11,13,17,22H,4-5,9,12,14-16,18-21H2,1-3H3,(H,31,34). The number of pyridine rings is 1. The van der Waals surface area contributed by atoms with Crippen molar-refractivity contribution in [3.63, 3.8) is 0 Å². The fourth-order valence-electron chi connectivity index (χ4n) is 8.56. The van der Waals surface area contributed by atoms with Crippen LogP contribution in [0.2, 0.25) is 0 Å². The van der Waals surface area contributed by atoms with Crippen LogP contribution < -0.4 is 10.7 Å². The van der Waals surface area contributed by atoms with Crippen molar-refractivity contribution in [2.45, 2.75) is 85.1 Å². The zero-order valence-corrected chi connectivity index (χ0v) is 21.2. The van der Waals surface area contributed by atoms with Crippen molar-refractivity contribution in [1.29, 1.82) is 0 Å². The van der Waals surface area contributed by atoms with E-state index in [0.717, 1.165) is 43.0 Å². The van der Waals surface area contributed by atoms with Gasteiger partial charge in [0.2, 0.25) is 0 Å². The molecule has 0 radical (unpaired) electrons. The van der Waals surface area contributed by atoms with Crippen LogP contribution in [0.1, 0.15) is 88.9 Å². The second kappa shape index (κ2) is 8.70. The summed E-state index contributed by atoms with van der Waals surface area (Å²) in [6.07, 6.45) is 12.8. The highest BCUT2D eigenvalue weighted by Gasteiger charge is 2.59. The molecule has 1 N–H and O–H groups in total. The molecular weight excluding hydrogens is 420 g/mol. The maximum atomic E-state index is 13.3. The number of hydrogen-bond acceptors (Lipinski definition) is 2. The van der Waals surface area contributed by atoms with Crippen LogP contribution in [0.15, 0.2) is 47.4 Å². The second-order valence-electron chi connectivity index (χ2n) is 12.5. The molecule has 4 aliphatic carbocycles. The number of hydrogen-bond donors (Lipinski definition) is 1. The summed E-state index contributed by atoms with van der Waals surface area (Å²) < 4.78 is 2.11. The second-order valence-corrected chi connectivity index (χ2v) is 12.5. The van der Waals surface area contributed by atoms with E-state index in [0.29, 0.717) is 17.4 Å². The smallest absolute Gasteiger partial charge is 0.256 e. The highest BCUT2D eigenvalue weighted by atomic mass is 16.2. The zero-order chi connectivity index (χ0) is 24.0. The minimum absolute atomic E-state index is 0.187. The fourth-order valence-corrected chi connectivity index (χ4v) is 8.56. The van der Waals surface area contributed by atoms with E-state index in [4.69, 9.17) is 0 Å². The van der Waals surface area contributed by atoms with Crippen LogP contribution in [0.5, 0.6) is 0 Å². The Morgan fingerprint density at radius 3 is 2.38 bits per heavy atom. The Bertz CT molecular complexity index is 1100. The molecule has 4 bridgehead atoms. The number of aromatic nitrogens is 1. The van der Waals surface area contributed by atoms with Crippen molar-refractivity contribution in [3.05, 3.63) is 58.4 Å². The molecule has 0 spiro atoms. The topological polar surface area (TPSA) is 51.1 Å². The van der Waals surface area contributed by atoms with Gasteiger partial charge in [0.25, 0.3) is 5.91 Å². The number of nitrogens with zero attached hydrogens (tertiary/aromatic N) is 1. The average molecular weight is 461 g/mol. The number of carbonyl (C=O) groups is 1. The molecule has 2 aromatic rings. The number of nitrogens with one attached hydrogen (secondary N) is 1. The molecule has 4 aliphatic rings. The van der Waals surface area contributed by atoms with Crippen LogP contribution >= 0.6 is 0 Å². The molecule has 1 amide bonds. The Morgan fingerprint density at radius 2 is 1.74 bits per heavy atom. The third kappa shape index (κ3) is 4.48. The van der Waals surface area contributed by atoms with E-state index < -0.39 is 0 Å². The molecule has 4 heteroatoms. The number of carbonyl (C=O) groups excluding carboxylic acids is 1. The Kier molecular flexibility index (Phi) is 5.98. The van der Waals surface area contributed by atoms with Crippen LogP contribution in [0, 0.1) is 22.2 Å². The summed E-state index contributed by atoms with van der Waals surface area (Å²) in [5.74, 6) is 0.587. The molecule has 4 saturated carbocycles. The highest BCUT2D eigenvalue weighted by molar-refractivity contribution is 5.94.